The van der Waals surface area contributed by atoms with Crippen LogP contribution in [0, 0.1) is 10.1 Å². The van der Waals surface area contributed by atoms with E-state index in [1.54, 1.807) is 23.6 Å². The number of aromatic nitrogens is 1. The van der Waals surface area contributed by atoms with E-state index in [-0.39, 0.29) is 30.3 Å². The van der Waals surface area contributed by atoms with Crippen molar-refractivity contribution < 1.29 is 24.0 Å². The molecule has 3 rings (SSSR count). The van der Waals surface area contributed by atoms with E-state index >= 15 is 0 Å². The lowest BCUT2D eigenvalue weighted by molar-refractivity contribution is -0.385. The minimum Gasteiger partial charge on any atom is -0.493 e. The van der Waals surface area contributed by atoms with Gasteiger partial charge >= 0.3 is 0 Å². The summed E-state index contributed by atoms with van der Waals surface area (Å²) in [5, 5.41) is 18.6. The molecule has 0 saturated carbocycles. The van der Waals surface area contributed by atoms with Gasteiger partial charge in [0.15, 0.2) is 11.5 Å². The third-order valence-electron chi connectivity index (χ3n) is 4.52. The van der Waals surface area contributed by atoms with Crippen molar-refractivity contribution in [1.29, 1.82) is 0 Å². The molecule has 3 aromatic rings. The molecule has 0 fully saturated rings. The van der Waals surface area contributed by atoms with Crippen LogP contribution in [0.3, 0.4) is 0 Å². The number of anilines is 1. The maximum atomic E-state index is 12.6. The molecule has 32 heavy (non-hydrogen) atoms. The Morgan fingerprint density at radius 3 is 2.44 bits per heavy atom. The van der Waals surface area contributed by atoms with Crippen LogP contribution in [-0.2, 0) is 6.42 Å². The molecule has 2 amide bonds. The number of nitro benzene ring substituents is 1. The number of hydrogen-bond donors (Lipinski definition) is 2. The van der Waals surface area contributed by atoms with Crippen LogP contribution in [0.2, 0.25) is 0 Å². The Morgan fingerprint density at radius 1 is 1.09 bits per heavy atom. The van der Waals surface area contributed by atoms with Gasteiger partial charge in [-0.2, -0.15) is 0 Å². The second-order valence-electron chi connectivity index (χ2n) is 6.45. The third-order valence-corrected chi connectivity index (χ3v) is 5.44. The molecule has 2 N–H and O–H groups in total. The van der Waals surface area contributed by atoms with Gasteiger partial charge in [0, 0.05) is 30.1 Å². The molecule has 0 aliphatic carbocycles. The summed E-state index contributed by atoms with van der Waals surface area (Å²) in [6.07, 6.45) is 3.21. The summed E-state index contributed by atoms with van der Waals surface area (Å²) in [7, 11) is 2.83. The van der Waals surface area contributed by atoms with Crippen molar-refractivity contribution in [3.05, 3.63) is 74.2 Å². The first kappa shape index (κ1) is 22.7. The molecule has 0 aliphatic heterocycles. The maximum absolute atomic E-state index is 12.6. The molecule has 2 aromatic heterocycles. The fourth-order valence-electron chi connectivity index (χ4n) is 2.95. The molecule has 0 atom stereocenters. The molecule has 0 unspecified atom stereocenters. The molecule has 11 heteroatoms. The topological polar surface area (TPSA) is 133 Å². The normalized spacial score (nSPS) is 10.3. The van der Waals surface area contributed by atoms with Gasteiger partial charge < -0.3 is 20.1 Å². The number of carbonyl (C=O) groups excluding carboxylic acids is 2. The third kappa shape index (κ3) is 5.19. The highest BCUT2D eigenvalue weighted by Gasteiger charge is 2.20. The first-order valence-electron chi connectivity index (χ1n) is 9.41. The van der Waals surface area contributed by atoms with Crippen LogP contribution in [0.1, 0.15) is 25.6 Å². The highest BCUT2D eigenvalue weighted by atomic mass is 32.1. The van der Waals surface area contributed by atoms with E-state index < -0.39 is 10.8 Å². The van der Waals surface area contributed by atoms with E-state index in [1.165, 1.54) is 50.1 Å². The summed E-state index contributed by atoms with van der Waals surface area (Å²) >= 11 is 1.18. The summed E-state index contributed by atoms with van der Waals surface area (Å²) in [5.41, 5.74) is 1.06. The highest BCUT2D eigenvalue weighted by molar-refractivity contribution is 7.12. The molecule has 0 bridgehead atoms. The highest BCUT2D eigenvalue weighted by Crippen LogP contribution is 2.34. The fraction of sp³-hybridized carbons (Fsp3) is 0.190. The van der Waals surface area contributed by atoms with E-state index in [1.807, 2.05) is 0 Å². The number of ether oxygens (including phenoxy) is 2. The minimum atomic E-state index is -0.509. The summed E-state index contributed by atoms with van der Waals surface area (Å²) < 4.78 is 10.3. The van der Waals surface area contributed by atoms with Crippen LogP contribution in [0.15, 0.2) is 48.1 Å². The largest absolute Gasteiger partial charge is 0.493 e. The van der Waals surface area contributed by atoms with Crippen molar-refractivity contribution in [3.63, 3.8) is 0 Å². The molecule has 0 aliphatic rings. The quantitative estimate of drug-likeness (QED) is 0.373. The molecular formula is C21H20N4O6S. The number of hydrogen-bond acceptors (Lipinski definition) is 8. The average molecular weight is 456 g/mol. The molecule has 0 saturated heterocycles. The van der Waals surface area contributed by atoms with Gasteiger partial charge in [0.1, 0.15) is 4.88 Å². The Morgan fingerprint density at radius 2 is 1.78 bits per heavy atom. The Kier molecular flexibility index (Phi) is 7.34. The van der Waals surface area contributed by atoms with E-state index in [2.05, 4.69) is 15.6 Å². The number of rotatable bonds is 9. The number of nitrogens with zero attached hydrogens (tertiary/aromatic N) is 2. The first-order chi connectivity index (χ1) is 15.4. The Labute approximate surface area is 187 Å². The predicted molar refractivity (Wildman–Crippen MR) is 119 cm³/mol. The van der Waals surface area contributed by atoms with Gasteiger partial charge in [0.2, 0.25) is 0 Å². The first-order valence-corrected chi connectivity index (χ1v) is 10.3. The maximum Gasteiger partial charge on any atom is 0.276 e. The zero-order chi connectivity index (χ0) is 23.1. The number of thiophene rings is 1. The number of benzene rings is 1. The Hall–Kier alpha value is -3.99. The van der Waals surface area contributed by atoms with Crippen molar-refractivity contribution >= 4 is 34.5 Å². The second-order valence-corrected chi connectivity index (χ2v) is 7.37. The van der Waals surface area contributed by atoms with Gasteiger partial charge in [-0.05, 0) is 36.1 Å². The number of nitro groups is 1. The molecule has 166 valence electrons. The summed E-state index contributed by atoms with van der Waals surface area (Å²) in [4.78, 5) is 40.1. The van der Waals surface area contributed by atoms with E-state index in [4.69, 9.17) is 9.47 Å². The van der Waals surface area contributed by atoms with Gasteiger partial charge in [0.25, 0.3) is 17.5 Å². The van der Waals surface area contributed by atoms with Crippen molar-refractivity contribution in [1.82, 2.24) is 10.3 Å². The van der Waals surface area contributed by atoms with Crippen molar-refractivity contribution in [2.45, 2.75) is 6.42 Å². The molecule has 0 radical (unpaired) electrons. The lowest BCUT2D eigenvalue weighted by Crippen LogP contribution is -2.26. The van der Waals surface area contributed by atoms with Crippen LogP contribution >= 0.6 is 11.3 Å². The SMILES string of the molecule is COc1cc(CCNC(=O)c2sccc2NC(=O)c2ccncc2)c([N+](=O)[O-])cc1OC. The van der Waals surface area contributed by atoms with Gasteiger partial charge in [-0.25, -0.2) is 0 Å². The lowest BCUT2D eigenvalue weighted by atomic mass is 10.1. The van der Waals surface area contributed by atoms with Crippen molar-refractivity contribution in [3.8, 4) is 11.5 Å². The lowest BCUT2D eigenvalue weighted by Gasteiger charge is -2.11. The number of methoxy groups -OCH3 is 2. The molecule has 10 nitrogen and oxygen atoms in total. The number of pyridine rings is 1. The minimum absolute atomic E-state index is 0.127. The van der Waals surface area contributed by atoms with Crippen LogP contribution in [0.25, 0.3) is 0 Å². The van der Waals surface area contributed by atoms with Gasteiger partial charge in [-0.1, -0.05) is 0 Å². The second kappa shape index (κ2) is 10.4. The van der Waals surface area contributed by atoms with E-state index in [9.17, 15) is 19.7 Å². The number of amides is 2. The van der Waals surface area contributed by atoms with Gasteiger partial charge in [-0.15, -0.1) is 11.3 Å². The smallest absolute Gasteiger partial charge is 0.276 e. The van der Waals surface area contributed by atoms with Gasteiger partial charge in [-0.3, -0.25) is 24.7 Å². The summed E-state index contributed by atoms with van der Waals surface area (Å²) in [6, 6.07) is 7.59. The molecule has 1 aromatic carbocycles. The molecule has 0 spiro atoms. The van der Waals surface area contributed by atoms with Crippen LogP contribution < -0.4 is 20.1 Å². The summed E-state index contributed by atoms with van der Waals surface area (Å²) in [6.45, 7) is 0.144. The zero-order valence-electron chi connectivity index (χ0n) is 17.3. The Balaban J connectivity index is 1.67. The molecular weight excluding hydrogens is 436 g/mol. The monoisotopic (exact) mass is 456 g/mol. The van der Waals surface area contributed by atoms with Crippen LogP contribution in [-0.4, -0.2) is 42.5 Å². The Bertz CT molecular complexity index is 1130. The van der Waals surface area contributed by atoms with Gasteiger partial charge in [0.05, 0.1) is 30.9 Å². The summed E-state index contributed by atoms with van der Waals surface area (Å²) in [5.74, 6) is -0.145. The predicted octanol–water partition coefficient (Wildman–Crippen LogP) is 3.29. The standard InChI is InChI=1S/C21H20N4O6S/c1-30-17-11-14(16(25(28)29)12-18(17)31-2)5-9-23-21(27)19-15(6-10-32-19)24-20(26)13-3-7-22-8-4-13/h3-4,6-8,10-12H,5,9H2,1-2H3,(H,23,27)(H,24,26). The number of carbonyl (C=O) groups is 2. The van der Waals surface area contributed by atoms with Crippen molar-refractivity contribution in [2.75, 3.05) is 26.1 Å². The number of nitrogens with one attached hydrogen (secondary N) is 2. The van der Waals surface area contributed by atoms with Crippen LogP contribution in [0.5, 0.6) is 11.5 Å². The van der Waals surface area contributed by atoms with Crippen LogP contribution in [0.4, 0.5) is 11.4 Å². The van der Waals surface area contributed by atoms with Crippen molar-refractivity contribution in [2.24, 2.45) is 0 Å². The fourth-order valence-corrected chi connectivity index (χ4v) is 3.72. The van der Waals surface area contributed by atoms with E-state index in [0.717, 1.165) is 0 Å². The molecule has 2 heterocycles. The average Bonchev–Trinajstić information content (AvgIpc) is 3.27. The zero-order valence-corrected chi connectivity index (χ0v) is 18.1. The van der Waals surface area contributed by atoms with E-state index in [0.29, 0.717) is 27.4 Å².